The monoisotopic (exact) mass is 354 g/mol. The van der Waals surface area contributed by atoms with Gasteiger partial charge < -0.3 is 5.32 Å². The Balaban J connectivity index is 1.76. The number of hydrogen-bond donors (Lipinski definition) is 2. The molecule has 0 aliphatic heterocycles. The molecule has 0 saturated heterocycles. The fourth-order valence-corrected chi connectivity index (χ4v) is 3.07. The van der Waals surface area contributed by atoms with E-state index in [9.17, 15) is 9.59 Å². The van der Waals surface area contributed by atoms with Crippen molar-refractivity contribution < 1.29 is 4.79 Å². The van der Waals surface area contributed by atoms with Crippen molar-refractivity contribution in [2.75, 3.05) is 12.3 Å². The highest BCUT2D eigenvalue weighted by atomic mass is 35.5. The predicted molar refractivity (Wildman–Crippen MR) is 92.0 cm³/mol. The van der Waals surface area contributed by atoms with E-state index in [-0.39, 0.29) is 17.3 Å². The third-order valence-electron chi connectivity index (χ3n) is 3.13. The van der Waals surface area contributed by atoms with Gasteiger partial charge in [0.25, 0.3) is 0 Å². The molecule has 1 aromatic heterocycles. The third-order valence-corrected chi connectivity index (χ3v) is 4.34. The van der Waals surface area contributed by atoms with Gasteiger partial charge in [-0.1, -0.05) is 42.4 Å². The van der Waals surface area contributed by atoms with Crippen molar-refractivity contribution >= 4 is 29.3 Å². The molecule has 0 unspecified atom stereocenters. The molecule has 0 bridgehead atoms. The van der Waals surface area contributed by atoms with Gasteiger partial charge >= 0.3 is 5.69 Å². The van der Waals surface area contributed by atoms with E-state index in [1.165, 1.54) is 11.8 Å². The second-order valence-corrected chi connectivity index (χ2v) is 6.36. The summed E-state index contributed by atoms with van der Waals surface area (Å²) in [7, 11) is 0. The van der Waals surface area contributed by atoms with Crippen LogP contribution in [0.5, 0.6) is 0 Å². The average Bonchev–Trinajstić information content (AvgIpc) is 2.86. The molecule has 6 nitrogen and oxygen atoms in total. The van der Waals surface area contributed by atoms with E-state index >= 15 is 0 Å². The number of amides is 1. The van der Waals surface area contributed by atoms with E-state index in [1.54, 1.807) is 4.57 Å². The van der Waals surface area contributed by atoms with Crippen LogP contribution in [0, 0.1) is 0 Å². The van der Waals surface area contributed by atoms with Gasteiger partial charge in [0, 0.05) is 18.1 Å². The number of thioether (sulfide) groups is 1. The molecule has 0 spiro atoms. The Morgan fingerprint density at radius 2 is 2.30 bits per heavy atom. The Morgan fingerprint density at radius 1 is 1.48 bits per heavy atom. The highest BCUT2D eigenvalue weighted by molar-refractivity contribution is 7.99. The van der Waals surface area contributed by atoms with Gasteiger partial charge in [0.2, 0.25) is 5.91 Å². The standard InChI is InChI=1S/C15H19ClN4O2S/c1-2-8-20-14(22)18-19-15(20)23-10-13(21)17-7-6-11-4-3-5-12(16)9-11/h3-5,9H,2,6-8,10H2,1H3,(H,17,21)(H,18,22). The minimum Gasteiger partial charge on any atom is -0.355 e. The maximum absolute atomic E-state index is 11.9. The molecule has 1 aromatic carbocycles. The van der Waals surface area contributed by atoms with Crippen molar-refractivity contribution in [2.24, 2.45) is 0 Å². The summed E-state index contributed by atoms with van der Waals surface area (Å²) in [5.74, 6) is 0.138. The molecule has 0 aliphatic carbocycles. The van der Waals surface area contributed by atoms with Gasteiger partial charge in [-0.3, -0.25) is 9.36 Å². The zero-order valence-electron chi connectivity index (χ0n) is 12.8. The number of nitrogens with one attached hydrogen (secondary N) is 2. The Labute approximate surface area is 143 Å². The Hall–Kier alpha value is -1.73. The lowest BCUT2D eigenvalue weighted by atomic mass is 10.1. The highest BCUT2D eigenvalue weighted by Crippen LogP contribution is 2.13. The normalized spacial score (nSPS) is 10.7. The molecule has 2 aromatic rings. The van der Waals surface area contributed by atoms with Crippen molar-refractivity contribution in [3.8, 4) is 0 Å². The van der Waals surface area contributed by atoms with Gasteiger partial charge in [0.05, 0.1) is 5.75 Å². The fraction of sp³-hybridized carbons (Fsp3) is 0.400. The fourth-order valence-electron chi connectivity index (χ4n) is 2.05. The van der Waals surface area contributed by atoms with Gasteiger partial charge in [0.15, 0.2) is 5.16 Å². The number of rotatable bonds is 8. The van der Waals surface area contributed by atoms with Crippen molar-refractivity contribution in [2.45, 2.75) is 31.5 Å². The summed E-state index contributed by atoms with van der Waals surface area (Å²) in [6.45, 7) is 3.12. The molecule has 8 heteroatoms. The zero-order valence-corrected chi connectivity index (χ0v) is 14.4. The second-order valence-electron chi connectivity index (χ2n) is 4.98. The van der Waals surface area contributed by atoms with Crippen LogP contribution in [0.15, 0.2) is 34.2 Å². The van der Waals surface area contributed by atoms with Crippen LogP contribution in [0.1, 0.15) is 18.9 Å². The molecule has 0 fully saturated rings. The average molecular weight is 355 g/mol. The lowest BCUT2D eigenvalue weighted by Crippen LogP contribution is -2.27. The first kappa shape index (κ1) is 17.6. The first-order chi connectivity index (χ1) is 11.1. The quantitative estimate of drug-likeness (QED) is 0.711. The lowest BCUT2D eigenvalue weighted by molar-refractivity contribution is -0.118. The van der Waals surface area contributed by atoms with Gasteiger partial charge in [-0.25, -0.2) is 9.89 Å². The van der Waals surface area contributed by atoms with Crippen LogP contribution in [0.3, 0.4) is 0 Å². The molecular formula is C15H19ClN4O2S. The summed E-state index contributed by atoms with van der Waals surface area (Å²) in [6.07, 6.45) is 1.55. The molecule has 2 N–H and O–H groups in total. The van der Waals surface area contributed by atoms with E-state index < -0.39 is 0 Å². The zero-order chi connectivity index (χ0) is 16.7. The molecule has 0 atom stereocenters. The van der Waals surface area contributed by atoms with Crippen molar-refractivity contribution in [1.82, 2.24) is 20.1 Å². The summed E-state index contributed by atoms with van der Waals surface area (Å²) < 4.78 is 1.55. The van der Waals surface area contributed by atoms with Crippen LogP contribution in [-0.4, -0.2) is 33.0 Å². The number of benzene rings is 1. The summed E-state index contributed by atoms with van der Waals surface area (Å²) in [6, 6.07) is 7.56. The Bertz CT molecular complexity index is 713. The molecule has 1 amide bonds. The lowest BCUT2D eigenvalue weighted by Gasteiger charge is -2.06. The molecule has 124 valence electrons. The summed E-state index contributed by atoms with van der Waals surface area (Å²) in [4.78, 5) is 23.4. The maximum atomic E-state index is 11.9. The smallest absolute Gasteiger partial charge is 0.343 e. The van der Waals surface area contributed by atoms with E-state index in [1.807, 2.05) is 31.2 Å². The van der Waals surface area contributed by atoms with E-state index in [0.29, 0.717) is 23.3 Å². The van der Waals surface area contributed by atoms with Gasteiger partial charge in [-0.05, 0) is 30.5 Å². The number of aromatic nitrogens is 3. The number of carbonyl (C=O) groups is 1. The topological polar surface area (TPSA) is 79.8 Å². The molecule has 23 heavy (non-hydrogen) atoms. The summed E-state index contributed by atoms with van der Waals surface area (Å²) in [5.41, 5.74) is 0.838. The van der Waals surface area contributed by atoms with Gasteiger partial charge in [-0.15, -0.1) is 5.10 Å². The second kappa shape index (κ2) is 8.79. The summed E-state index contributed by atoms with van der Waals surface area (Å²) in [5, 5.41) is 10.4. The maximum Gasteiger partial charge on any atom is 0.343 e. The minimum absolute atomic E-state index is 0.0875. The highest BCUT2D eigenvalue weighted by Gasteiger charge is 2.10. The largest absolute Gasteiger partial charge is 0.355 e. The number of halogens is 1. The van der Waals surface area contributed by atoms with E-state index in [2.05, 4.69) is 15.5 Å². The van der Waals surface area contributed by atoms with Crippen molar-refractivity contribution in [1.29, 1.82) is 0 Å². The SMILES string of the molecule is CCCn1c(SCC(=O)NCCc2cccc(Cl)c2)n[nH]c1=O. The molecule has 1 heterocycles. The predicted octanol–water partition coefficient (Wildman–Crippen LogP) is 2.09. The van der Waals surface area contributed by atoms with E-state index in [4.69, 9.17) is 11.6 Å². The first-order valence-electron chi connectivity index (χ1n) is 7.39. The molecule has 0 aliphatic rings. The summed E-state index contributed by atoms with van der Waals surface area (Å²) >= 11 is 7.17. The van der Waals surface area contributed by atoms with Crippen LogP contribution >= 0.6 is 23.4 Å². The minimum atomic E-state index is -0.240. The third kappa shape index (κ3) is 5.44. The molecular weight excluding hydrogens is 336 g/mol. The molecule has 2 rings (SSSR count). The number of nitrogens with zero attached hydrogens (tertiary/aromatic N) is 2. The van der Waals surface area contributed by atoms with Crippen LogP contribution in [0.2, 0.25) is 5.02 Å². The van der Waals surface area contributed by atoms with Crippen LogP contribution in [0.4, 0.5) is 0 Å². The van der Waals surface area contributed by atoms with Crippen molar-refractivity contribution in [3.05, 3.63) is 45.3 Å². The van der Waals surface area contributed by atoms with Crippen LogP contribution < -0.4 is 11.0 Å². The van der Waals surface area contributed by atoms with Gasteiger partial charge in [-0.2, -0.15) is 0 Å². The first-order valence-corrected chi connectivity index (χ1v) is 8.75. The Kier molecular flexibility index (Phi) is 6.73. The van der Waals surface area contributed by atoms with Crippen LogP contribution in [0.25, 0.3) is 0 Å². The number of carbonyl (C=O) groups excluding carboxylic acids is 1. The number of aromatic amines is 1. The number of hydrogen-bond acceptors (Lipinski definition) is 4. The Morgan fingerprint density at radius 3 is 3.04 bits per heavy atom. The molecule has 0 radical (unpaired) electrons. The van der Waals surface area contributed by atoms with Gasteiger partial charge in [0.1, 0.15) is 0 Å². The van der Waals surface area contributed by atoms with Crippen LogP contribution in [-0.2, 0) is 17.8 Å². The number of H-pyrrole nitrogens is 1. The van der Waals surface area contributed by atoms with E-state index in [0.717, 1.165) is 18.4 Å². The molecule has 0 saturated carbocycles. The van der Waals surface area contributed by atoms with Crippen molar-refractivity contribution in [3.63, 3.8) is 0 Å².